The maximum absolute atomic E-state index is 14.7. The minimum atomic E-state index is -1.56. The van der Waals surface area contributed by atoms with Crippen LogP contribution in [0.3, 0.4) is 0 Å². The molecule has 2 aliphatic heterocycles. The summed E-state index contributed by atoms with van der Waals surface area (Å²) in [4.78, 5) is 45.9. The summed E-state index contributed by atoms with van der Waals surface area (Å²) in [6.45, 7) is 0. The molecule has 1 aliphatic carbocycles. The van der Waals surface area contributed by atoms with E-state index in [-0.39, 0.29) is 17.3 Å². The van der Waals surface area contributed by atoms with Crippen molar-refractivity contribution < 1.29 is 19.1 Å². The number of carbonyl (C=O) groups is 3. The Kier molecular flexibility index (Phi) is 5.55. The maximum Gasteiger partial charge on any atom is 0.185 e. The van der Waals surface area contributed by atoms with E-state index in [0.29, 0.717) is 33.0 Å². The van der Waals surface area contributed by atoms with Gasteiger partial charge in [-0.05, 0) is 41.5 Å². The zero-order chi connectivity index (χ0) is 27.6. The molecule has 3 unspecified atom stereocenters. The van der Waals surface area contributed by atoms with E-state index >= 15 is 0 Å². The molecular formula is C34H24ClNO4. The van der Waals surface area contributed by atoms with Crippen LogP contribution in [0, 0.1) is 5.41 Å². The summed E-state index contributed by atoms with van der Waals surface area (Å²) < 4.78 is 5.55. The molecule has 5 nitrogen and oxygen atoms in total. The number of benzene rings is 4. The number of carbonyl (C=O) groups excluding carboxylic acids is 3. The van der Waals surface area contributed by atoms with E-state index in [1.165, 1.54) is 0 Å². The van der Waals surface area contributed by atoms with Crippen LogP contribution in [0.5, 0.6) is 5.75 Å². The first-order valence-corrected chi connectivity index (χ1v) is 13.5. The van der Waals surface area contributed by atoms with Gasteiger partial charge < -0.3 is 9.64 Å². The van der Waals surface area contributed by atoms with Crippen molar-refractivity contribution in [2.45, 2.75) is 18.0 Å². The highest BCUT2D eigenvalue weighted by Gasteiger charge is 2.71. The average molecular weight is 546 g/mol. The smallest absolute Gasteiger partial charge is 0.185 e. The Labute approximate surface area is 236 Å². The molecule has 1 spiro atoms. The molecule has 0 N–H and O–H groups in total. The number of fused-ring (bicyclic) bond motifs is 5. The zero-order valence-electron chi connectivity index (χ0n) is 21.6. The molecular weight excluding hydrogens is 522 g/mol. The molecule has 1 fully saturated rings. The molecule has 0 aromatic heterocycles. The number of hydrogen-bond acceptors (Lipinski definition) is 5. The fraction of sp³-hybridized carbons (Fsp3) is 0.147. The van der Waals surface area contributed by atoms with Crippen LogP contribution in [0.4, 0.5) is 5.69 Å². The standard InChI is InChI=1S/C34H24ClNO4/c1-40-24-11-7-10-22(19-24)29-30(31(37)20-8-3-2-4-9-20)36-27-16-15-23(35)18-21(27)14-17-28(36)34(29)32(38)25-12-5-6-13-26(25)33(34)39/h2-19,28-30H,1H3. The second-order valence-corrected chi connectivity index (χ2v) is 10.9. The van der Waals surface area contributed by atoms with Crippen LogP contribution >= 0.6 is 11.6 Å². The van der Waals surface area contributed by atoms with Crippen LogP contribution in [-0.4, -0.2) is 36.5 Å². The van der Waals surface area contributed by atoms with Crippen molar-refractivity contribution in [2.75, 3.05) is 12.0 Å². The van der Waals surface area contributed by atoms with Crippen molar-refractivity contribution in [2.24, 2.45) is 5.41 Å². The van der Waals surface area contributed by atoms with Crippen molar-refractivity contribution in [3.05, 3.63) is 136 Å². The Morgan fingerprint density at radius 1 is 0.850 bits per heavy atom. The van der Waals surface area contributed by atoms with Crippen LogP contribution in [0.1, 0.15) is 48.1 Å². The summed E-state index contributed by atoms with van der Waals surface area (Å²) in [7, 11) is 1.57. The largest absolute Gasteiger partial charge is 0.497 e. The summed E-state index contributed by atoms with van der Waals surface area (Å²) in [6.07, 6.45) is 3.80. The molecule has 0 radical (unpaired) electrons. The lowest BCUT2D eigenvalue weighted by atomic mass is 9.64. The Balaban J connectivity index is 1.56. The third-order valence-electron chi connectivity index (χ3n) is 8.55. The van der Waals surface area contributed by atoms with E-state index in [2.05, 4.69) is 0 Å². The van der Waals surface area contributed by atoms with Gasteiger partial charge in [-0.1, -0.05) is 90.5 Å². The fourth-order valence-electron chi connectivity index (χ4n) is 6.93. The van der Waals surface area contributed by atoms with E-state index in [1.807, 2.05) is 71.6 Å². The predicted octanol–water partition coefficient (Wildman–Crippen LogP) is 6.66. The Morgan fingerprint density at radius 2 is 1.55 bits per heavy atom. The second kappa shape index (κ2) is 9.04. The molecule has 40 heavy (non-hydrogen) atoms. The Hall–Kier alpha value is -4.48. The summed E-state index contributed by atoms with van der Waals surface area (Å²) >= 11 is 6.36. The van der Waals surface area contributed by atoms with E-state index in [0.717, 1.165) is 11.3 Å². The van der Waals surface area contributed by atoms with Gasteiger partial charge >= 0.3 is 0 Å². The quantitative estimate of drug-likeness (QED) is 0.212. The summed E-state index contributed by atoms with van der Waals surface area (Å²) in [5.74, 6) is -0.897. The summed E-state index contributed by atoms with van der Waals surface area (Å²) in [6, 6.07) is 27.3. The molecule has 0 saturated carbocycles. The molecule has 4 aromatic carbocycles. The summed E-state index contributed by atoms with van der Waals surface area (Å²) in [5, 5.41) is 0.562. The molecule has 196 valence electrons. The monoisotopic (exact) mass is 545 g/mol. The molecule has 4 aromatic rings. The SMILES string of the molecule is COc1cccc(C2C(C(=O)c3ccccc3)N3c4ccc(Cl)cc4C=CC3C23C(=O)c2ccccc2C3=O)c1. The number of methoxy groups -OCH3 is 1. The van der Waals surface area contributed by atoms with Gasteiger partial charge in [-0.3, -0.25) is 14.4 Å². The fourth-order valence-corrected chi connectivity index (χ4v) is 7.11. The predicted molar refractivity (Wildman–Crippen MR) is 155 cm³/mol. The molecule has 3 aliphatic rings. The van der Waals surface area contributed by atoms with E-state index in [9.17, 15) is 14.4 Å². The Morgan fingerprint density at radius 3 is 2.25 bits per heavy atom. The lowest BCUT2D eigenvalue weighted by Crippen LogP contribution is -2.48. The number of rotatable bonds is 4. The van der Waals surface area contributed by atoms with Gasteiger partial charge in [0.2, 0.25) is 0 Å². The average Bonchev–Trinajstić information content (AvgIpc) is 3.43. The van der Waals surface area contributed by atoms with Crippen LogP contribution < -0.4 is 9.64 Å². The topological polar surface area (TPSA) is 63.7 Å². The maximum atomic E-state index is 14.7. The van der Waals surface area contributed by atoms with Gasteiger partial charge in [0.05, 0.1) is 13.2 Å². The molecule has 2 heterocycles. The van der Waals surface area contributed by atoms with Crippen LogP contribution in [0.2, 0.25) is 5.02 Å². The lowest BCUT2D eigenvalue weighted by Gasteiger charge is -2.37. The van der Waals surface area contributed by atoms with E-state index < -0.39 is 23.4 Å². The van der Waals surface area contributed by atoms with Gasteiger partial charge in [-0.15, -0.1) is 0 Å². The molecule has 0 amide bonds. The minimum Gasteiger partial charge on any atom is -0.497 e. The van der Waals surface area contributed by atoms with E-state index in [1.54, 1.807) is 49.6 Å². The summed E-state index contributed by atoms with van der Waals surface area (Å²) in [5.41, 5.74) is 2.02. The van der Waals surface area contributed by atoms with Crippen molar-refractivity contribution in [3.63, 3.8) is 0 Å². The number of hydrogen-bond donors (Lipinski definition) is 0. The van der Waals surface area contributed by atoms with Gasteiger partial charge in [0.25, 0.3) is 0 Å². The number of ether oxygens (including phenoxy) is 1. The number of nitrogens with zero attached hydrogens (tertiary/aromatic N) is 1. The number of Topliss-reactive ketones (excluding diaryl/α,β-unsaturated/α-hetero) is 3. The number of halogens is 1. The van der Waals surface area contributed by atoms with E-state index in [4.69, 9.17) is 16.3 Å². The van der Waals surface area contributed by atoms with Gasteiger partial charge in [0, 0.05) is 33.3 Å². The van der Waals surface area contributed by atoms with Gasteiger partial charge in [0.15, 0.2) is 17.3 Å². The molecule has 7 rings (SSSR count). The molecule has 1 saturated heterocycles. The first-order chi connectivity index (χ1) is 19.5. The van der Waals surface area contributed by atoms with Crippen molar-refractivity contribution in [1.29, 1.82) is 0 Å². The first kappa shape index (κ1) is 24.6. The second-order valence-electron chi connectivity index (χ2n) is 10.4. The lowest BCUT2D eigenvalue weighted by molar-refractivity contribution is 0.0665. The Bertz CT molecular complexity index is 1710. The molecule has 3 atom stereocenters. The normalized spacial score (nSPS) is 21.8. The van der Waals surface area contributed by atoms with Crippen molar-refractivity contribution in [3.8, 4) is 5.75 Å². The van der Waals surface area contributed by atoms with Crippen molar-refractivity contribution >= 4 is 40.7 Å². The van der Waals surface area contributed by atoms with Crippen LogP contribution in [0.15, 0.2) is 103 Å². The minimum absolute atomic E-state index is 0.164. The first-order valence-electron chi connectivity index (χ1n) is 13.1. The van der Waals surface area contributed by atoms with Gasteiger partial charge in [-0.25, -0.2) is 0 Å². The van der Waals surface area contributed by atoms with Crippen LogP contribution in [-0.2, 0) is 0 Å². The van der Waals surface area contributed by atoms with Crippen LogP contribution in [0.25, 0.3) is 6.08 Å². The van der Waals surface area contributed by atoms with Crippen molar-refractivity contribution in [1.82, 2.24) is 0 Å². The number of anilines is 1. The third-order valence-corrected chi connectivity index (χ3v) is 8.78. The number of ketones is 3. The zero-order valence-corrected chi connectivity index (χ0v) is 22.3. The highest BCUT2D eigenvalue weighted by Crippen LogP contribution is 2.61. The van der Waals surface area contributed by atoms with Gasteiger partial charge in [-0.2, -0.15) is 0 Å². The van der Waals surface area contributed by atoms with Gasteiger partial charge in [0.1, 0.15) is 17.2 Å². The molecule has 6 heteroatoms. The highest BCUT2D eigenvalue weighted by molar-refractivity contribution is 6.32. The molecule has 0 bridgehead atoms. The third kappa shape index (κ3) is 3.24. The highest BCUT2D eigenvalue weighted by atomic mass is 35.5.